The van der Waals surface area contributed by atoms with E-state index >= 15 is 0 Å². The molecule has 9 nitrogen and oxygen atoms in total. The third-order valence-corrected chi connectivity index (χ3v) is 4.28. The fourth-order valence-corrected chi connectivity index (χ4v) is 2.64. The number of carbonyl (C=O) groups is 1. The van der Waals surface area contributed by atoms with Gasteiger partial charge in [-0.1, -0.05) is 36.4 Å². The number of nitro benzene ring substituents is 2. The van der Waals surface area contributed by atoms with Crippen LogP contribution < -0.4 is 9.47 Å². The minimum Gasteiger partial charge on any atom is -0.497 e. The number of methoxy groups -OCH3 is 1. The van der Waals surface area contributed by atoms with Gasteiger partial charge in [0.2, 0.25) is 5.75 Å². The first-order valence-corrected chi connectivity index (χ1v) is 8.94. The maximum atomic E-state index is 12.4. The van der Waals surface area contributed by atoms with Gasteiger partial charge in [-0.05, 0) is 41.5 Å². The van der Waals surface area contributed by atoms with Crippen molar-refractivity contribution in [2.24, 2.45) is 0 Å². The Morgan fingerprint density at radius 3 is 1.94 bits per heavy atom. The number of non-ortho nitro benzene ring substituents is 1. The van der Waals surface area contributed by atoms with Crippen molar-refractivity contribution >= 4 is 29.5 Å². The van der Waals surface area contributed by atoms with Crippen LogP contribution >= 0.6 is 0 Å². The molecule has 0 aliphatic carbocycles. The quantitative estimate of drug-likeness (QED) is 0.175. The monoisotopic (exact) mass is 420 g/mol. The van der Waals surface area contributed by atoms with E-state index in [1.807, 2.05) is 36.4 Å². The lowest BCUT2D eigenvalue weighted by Crippen LogP contribution is -2.10. The minimum absolute atomic E-state index is 0.175. The van der Waals surface area contributed by atoms with E-state index in [-0.39, 0.29) is 11.3 Å². The molecule has 0 amide bonds. The highest BCUT2D eigenvalue weighted by molar-refractivity contribution is 5.92. The van der Waals surface area contributed by atoms with Gasteiger partial charge >= 0.3 is 11.7 Å². The third-order valence-electron chi connectivity index (χ3n) is 4.28. The Morgan fingerprint density at radius 1 is 0.839 bits per heavy atom. The lowest BCUT2D eigenvalue weighted by Gasteiger charge is -2.05. The molecule has 9 heteroatoms. The molecule has 156 valence electrons. The van der Waals surface area contributed by atoms with Crippen LogP contribution in [-0.2, 0) is 0 Å². The van der Waals surface area contributed by atoms with Gasteiger partial charge in [-0.25, -0.2) is 4.79 Å². The lowest BCUT2D eigenvalue weighted by molar-refractivity contribution is -0.394. The van der Waals surface area contributed by atoms with Crippen molar-refractivity contribution < 1.29 is 24.1 Å². The van der Waals surface area contributed by atoms with Gasteiger partial charge in [0, 0.05) is 6.07 Å². The molecule has 0 aliphatic rings. The summed E-state index contributed by atoms with van der Waals surface area (Å²) in [5, 5.41) is 22.0. The fraction of sp³-hybridized carbons (Fsp3) is 0.0455. The van der Waals surface area contributed by atoms with E-state index < -0.39 is 27.2 Å². The smallest absolute Gasteiger partial charge is 0.343 e. The van der Waals surface area contributed by atoms with E-state index in [1.54, 1.807) is 19.2 Å². The highest BCUT2D eigenvalue weighted by Gasteiger charge is 2.23. The number of nitro groups is 2. The molecule has 31 heavy (non-hydrogen) atoms. The number of ether oxygens (including phenoxy) is 2. The molecule has 0 bridgehead atoms. The van der Waals surface area contributed by atoms with Gasteiger partial charge in [0.25, 0.3) is 5.69 Å². The summed E-state index contributed by atoms with van der Waals surface area (Å²) in [7, 11) is 1.59. The highest BCUT2D eigenvalue weighted by Crippen LogP contribution is 2.31. The van der Waals surface area contributed by atoms with Crippen molar-refractivity contribution in [2.45, 2.75) is 0 Å². The van der Waals surface area contributed by atoms with Crippen LogP contribution in [0.2, 0.25) is 0 Å². The Morgan fingerprint density at radius 2 is 1.42 bits per heavy atom. The van der Waals surface area contributed by atoms with Gasteiger partial charge in [0.05, 0.1) is 28.6 Å². The molecule has 3 rings (SSSR count). The SMILES string of the molecule is COc1ccc(/C=C/c2ccc(C(=O)Oc3ccc([N+](=O)[O-])cc3[N+](=O)[O-])cc2)cc1. The number of hydrogen-bond donors (Lipinski definition) is 0. The minimum atomic E-state index is -0.845. The summed E-state index contributed by atoms with van der Waals surface area (Å²) < 4.78 is 10.2. The summed E-state index contributed by atoms with van der Waals surface area (Å²) in [6.07, 6.45) is 3.76. The standard InChI is InChI=1S/C22H16N2O7/c1-30-19-11-6-16(7-12-19)3-2-15-4-8-17(9-5-15)22(25)31-21-13-10-18(23(26)27)14-20(21)24(28)29/h2-14H,1H3/b3-2+. The fourth-order valence-electron chi connectivity index (χ4n) is 2.64. The molecule has 0 spiro atoms. The Labute approximate surface area is 176 Å². The molecular weight excluding hydrogens is 404 g/mol. The van der Waals surface area contributed by atoms with Crippen molar-refractivity contribution in [1.82, 2.24) is 0 Å². The number of rotatable bonds is 7. The van der Waals surface area contributed by atoms with E-state index in [0.717, 1.165) is 35.1 Å². The number of esters is 1. The predicted molar refractivity (Wildman–Crippen MR) is 113 cm³/mol. The van der Waals surface area contributed by atoms with Gasteiger partial charge in [-0.3, -0.25) is 20.2 Å². The van der Waals surface area contributed by atoms with Crippen LogP contribution in [0.25, 0.3) is 12.2 Å². The zero-order valence-corrected chi connectivity index (χ0v) is 16.3. The Balaban J connectivity index is 1.72. The number of carbonyl (C=O) groups excluding carboxylic acids is 1. The van der Waals surface area contributed by atoms with Gasteiger partial charge in [0.1, 0.15) is 5.75 Å². The lowest BCUT2D eigenvalue weighted by atomic mass is 10.1. The van der Waals surface area contributed by atoms with Crippen molar-refractivity contribution in [3.8, 4) is 11.5 Å². The number of hydrogen-bond acceptors (Lipinski definition) is 7. The zero-order valence-electron chi connectivity index (χ0n) is 16.3. The molecule has 0 atom stereocenters. The van der Waals surface area contributed by atoms with Gasteiger partial charge < -0.3 is 9.47 Å². The molecule has 0 N–H and O–H groups in total. The molecule has 0 saturated carbocycles. The van der Waals surface area contributed by atoms with Crippen molar-refractivity contribution in [2.75, 3.05) is 7.11 Å². The van der Waals surface area contributed by atoms with Crippen molar-refractivity contribution in [1.29, 1.82) is 0 Å². The Kier molecular flexibility index (Phi) is 6.36. The predicted octanol–water partition coefficient (Wildman–Crippen LogP) is 4.90. The van der Waals surface area contributed by atoms with E-state index in [2.05, 4.69) is 0 Å². The molecule has 0 heterocycles. The molecule has 3 aromatic rings. The summed E-state index contributed by atoms with van der Waals surface area (Å²) in [5.41, 5.74) is 0.832. The van der Waals surface area contributed by atoms with Crippen LogP contribution in [0, 0.1) is 20.2 Å². The van der Waals surface area contributed by atoms with E-state index in [1.165, 1.54) is 12.1 Å². The van der Waals surface area contributed by atoms with Crippen molar-refractivity contribution in [3.63, 3.8) is 0 Å². The van der Waals surface area contributed by atoms with Crippen LogP contribution in [0.5, 0.6) is 11.5 Å². The first kappa shape index (κ1) is 21.2. The molecule has 0 fully saturated rings. The summed E-state index contributed by atoms with van der Waals surface area (Å²) in [6.45, 7) is 0. The summed E-state index contributed by atoms with van der Waals surface area (Å²) >= 11 is 0. The van der Waals surface area contributed by atoms with Gasteiger partial charge in [0.15, 0.2) is 0 Å². The zero-order chi connectivity index (χ0) is 22.4. The normalized spacial score (nSPS) is 10.6. The van der Waals surface area contributed by atoms with Crippen LogP contribution in [0.1, 0.15) is 21.5 Å². The molecule has 0 unspecified atom stereocenters. The topological polar surface area (TPSA) is 122 Å². The third kappa shape index (κ3) is 5.30. The average molecular weight is 420 g/mol. The molecular formula is C22H16N2O7. The maximum absolute atomic E-state index is 12.4. The molecule has 0 aliphatic heterocycles. The molecule has 3 aromatic carbocycles. The van der Waals surface area contributed by atoms with Crippen LogP contribution in [0.4, 0.5) is 11.4 Å². The second kappa shape index (κ2) is 9.31. The van der Waals surface area contributed by atoms with Crippen LogP contribution in [0.15, 0.2) is 66.7 Å². The molecule has 0 aromatic heterocycles. The number of nitrogens with zero attached hydrogens (tertiary/aromatic N) is 2. The largest absolute Gasteiger partial charge is 0.497 e. The van der Waals surface area contributed by atoms with Crippen LogP contribution in [0.3, 0.4) is 0 Å². The van der Waals surface area contributed by atoms with Crippen molar-refractivity contribution in [3.05, 3.63) is 104 Å². The van der Waals surface area contributed by atoms with Gasteiger partial charge in [-0.2, -0.15) is 0 Å². The summed E-state index contributed by atoms with van der Waals surface area (Å²) in [5.74, 6) is -0.431. The molecule has 0 saturated heterocycles. The Bertz CT molecular complexity index is 1150. The first-order chi connectivity index (χ1) is 14.9. The van der Waals surface area contributed by atoms with E-state index in [0.29, 0.717) is 0 Å². The van der Waals surface area contributed by atoms with Crippen LogP contribution in [-0.4, -0.2) is 22.9 Å². The Hall–Kier alpha value is -4.53. The van der Waals surface area contributed by atoms with E-state index in [9.17, 15) is 25.0 Å². The maximum Gasteiger partial charge on any atom is 0.343 e. The average Bonchev–Trinajstić information content (AvgIpc) is 2.78. The first-order valence-electron chi connectivity index (χ1n) is 8.94. The van der Waals surface area contributed by atoms with Gasteiger partial charge in [-0.15, -0.1) is 0 Å². The number of benzene rings is 3. The molecule has 0 radical (unpaired) electrons. The van der Waals surface area contributed by atoms with E-state index in [4.69, 9.17) is 9.47 Å². The second-order valence-electron chi connectivity index (χ2n) is 6.28. The summed E-state index contributed by atoms with van der Waals surface area (Å²) in [4.78, 5) is 32.7. The second-order valence-corrected chi connectivity index (χ2v) is 6.28. The highest BCUT2D eigenvalue weighted by atomic mass is 16.6. The summed E-state index contributed by atoms with van der Waals surface area (Å²) in [6, 6.07) is 16.7.